The largest absolute Gasteiger partial charge is 0.335 e. The molecule has 1 fully saturated rings. The number of rotatable bonds is 5. The second kappa shape index (κ2) is 8.36. The molecule has 1 aliphatic rings. The van der Waals surface area contributed by atoms with Gasteiger partial charge in [0.25, 0.3) is 0 Å². The molecule has 0 N–H and O–H groups in total. The molecule has 0 bridgehead atoms. The van der Waals surface area contributed by atoms with Gasteiger partial charge in [-0.1, -0.05) is 72.8 Å². The van der Waals surface area contributed by atoms with E-state index in [1.54, 1.807) is 12.1 Å². The molecule has 1 saturated heterocycles. The summed E-state index contributed by atoms with van der Waals surface area (Å²) in [7, 11) is 0. The van der Waals surface area contributed by atoms with Crippen molar-refractivity contribution in [3.63, 3.8) is 0 Å². The number of piperazine rings is 1. The van der Waals surface area contributed by atoms with E-state index >= 15 is 0 Å². The first-order valence-corrected chi connectivity index (χ1v) is 9.57. The molecular formula is C24H23FN2O. The highest BCUT2D eigenvalue weighted by atomic mass is 19.1. The molecule has 1 heterocycles. The number of hydrogen-bond donors (Lipinski definition) is 0. The molecule has 3 aromatic carbocycles. The standard InChI is InChI=1S/C24H23FN2O/c25-22-13-11-21(12-14-22)23-24(28)27(18-20-9-5-2-6-10-20)16-15-26(23)17-19-7-3-1-4-8-19/h1-14,23H,15-18H2/t23-/m0/s1. The zero-order chi connectivity index (χ0) is 19.3. The quantitative estimate of drug-likeness (QED) is 0.660. The Morgan fingerprint density at radius 2 is 1.32 bits per heavy atom. The Bertz CT molecular complexity index is 912. The van der Waals surface area contributed by atoms with E-state index in [9.17, 15) is 9.18 Å². The average Bonchev–Trinajstić information content (AvgIpc) is 2.73. The fraction of sp³-hybridized carbons (Fsp3) is 0.208. The molecule has 0 unspecified atom stereocenters. The highest BCUT2D eigenvalue weighted by molar-refractivity contribution is 5.84. The lowest BCUT2D eigenvalue weighted by Gasteiger charge is -2.41. The summed E-state index contributed by atoms with van der Waals surface area (Å²) < 4.78 is 13.5. The second-order valence-corrected chi connectivity index (χ2v) is 7.16. The number of carbonyl (C=O) groups is 1. The Morgan fingerprint density at radius 1 is 0.750 bits per heavy atom. The Balaban J connectivity index is 1.60. The van der Waals surface area contributed by atoms with Gasteiger partial charge in [-0.2, -0.15) is 0 Å². The van der Waals surface area contributed by atoms with Crippen molar-refractivity contribution in [3.05, 3.63) is 107 Å². The molecule has 0 spiro atoms. The van der Waals surface area contributed by atoms with Crippen LogP contribution in [-0.2, 0) is 17.9 Å². The van der Waals surface area contributed by atoms with Gasteiger partial charge in [-0.25, -0.2) is 4.39 Å². The smallest absolute Gasteiger partial charge is 0.244 e. The zero-order valence-corrected chi connectivity index (χ0v) is 15.7. The molecule has 3 nitrogen and oxygen atoms in total. The van der Waals surface area contributed by atoms with Crippen molar-refractivity contribution in [2.75, 3.05) is 13.1 Å². The summed E-state index contributed by atoms with van der Waals surface area (Å²) in [5, 5.41) is 0. The number of halogens is 1. The Kier molecular flexibility index (Phi) is 5.49. The summed E-state index contributed by atoms with van der Waals surface area (Å²) in [5.41, 5.74) is 3.12. The van der Waals surface area contributed by atoms with Gasteiger partial charge in [0.2, 0.25) is 5.91 Å². The molecule has 1 amide bonds. The van der Waals surface area contributed by atoms with Gasteiger partial charge in [-0.15, -0.1) is 0 Å². The third kappa shape index (κ3) is 4.12. The molecule has 1 atom stereocenters. The van der Waals surface area contributed by atoms with Crippen LogP contribution in [0.1, 0.15) is 22.7 Å². The first-order valence-electron chi connectivity index (χ1n) is 9.57. The van der Waals surface area contributed by atoms with E-state index < -0.39 is 6.04 Å². The predicted molar refractivity (Wildman–Crippen MR) is 108 cm³/mol. The van der Waals surface area contributed by atoms with E-state index in [2.05, 4.69) is 17.0 Å². The van der Waals surface area contributed by atoms with E-state index in [1.807, 2.05) is 53.4 Å². The van der Waals surface area contributed by atoms with Crippen LogP contribution in [0.5, 0.6) is 0 Å². The molecule has 4 rings (SSSR count). The molecule has 3 aromatic rings. The minimum absolute atomic E-state index is 0.0673. The van der Waals surface area contributed by atoms with Gasteiger partial charge >= 0.3 is 0 Å². The van der Waals surface area contributed by atoms with Crippen LogP contribution in [0.3, 0.4) is 0 Å². The van der Waals surface area contributed by atoms with E-state index in [0.717, 1.165) is 17.7 Å². The average molecular weight is 374 g/mol. The zero-order valence-electron chi connectivity index (χ0n) is 15.7. The highest BCUT2D eigenvalue weighted by Gasteiger charge is 2.35. The lowest BCUT2D eigenvalue weighted by Crippen LogP contribution is -2.51. The van der Waals surface area contributed by atoms with E-state index in [4.69, 9.17) is 0 Å². The predicted octanol–water partition coefficient (Wildman–Crippen LogP) is 4.41. The van der Waals surface area contributed by atoms with Crippen LogP contribution in [0.15, 0.2) is 84.9 Å². The monoisotopic (exact) mass is 374 g/mol. The maximum Gasteiger partial charge on any atom is 0.244 e. The van der Waals surface area contributed by atoms with Crippen molar-refractivity contribution in [2.45, 2.75) is 19.1 Å². The van der Waals surface area contributed by atoms with Crippen LogP contribution in [0, 0.1) is 5.82 Å². The first kappa shape index (κ1) is 18.4. The molecule has 1 aliphatic heterocycles. The van der Waals surface area contributed by atoms with Crippen molar-refractivity contribution >= 4 is 5.91 Å². The van der Waals surface area contributed by atoms with Gasteiger partial charge < -0.3 is 4.90 Å². The summed E-state index contributed by atoms with van der Waals surface area (Å²) in [6, 6.07) is 26.1. The van der Waals surface area contributed by atoms with Crippen LogP contribution in [-0.4, -0.2) is 28.8 Å². The molecule has 4 heteroatoms. The Hall–Kier alpha value is -2.98. The highest BCUT2D eigenvalue weighted by Crippen LogP contribution is 2.29. The Labute approximate surface area is 165 Å². The fourth-order valence-electron chi connectivity index (χ4n) is 3.77. The SMILES string of the molecule is O=C1[C@H](c2ccc(F)cc2)N(Cc2ccccc2)CCN1Cc1ccccc1. The lowest BCUT2D eigenvalue weighted by molar-refractivity contribution is -0.143. The minimum Gasteiger partial charge on any atom is -0.335 e. The van der Waals surface area contributed by atoms with Gasteiger partial charge in [0.1, 0.15) is 11.9 Å². The summed E-state index contributed by atoms with van der Waals surface area (Å²) in [6.07, 6.45) is 0. The maximum atomic E-state index is 13.5. The first-order chi connectivity index (χ1) is 13.7. The minimum atomic E-state index is -0.404. The molecule has 0 aliphatic carbocycles. The number of amides is 1. The molecule has 0 radical (unpaired) electrons. The summed E-state index contributed by atoms with van der Waals surface area (Å²) >= 11 is 0. The number of hydrogen-bond acceptors (Lipinski definition) is 2. The van der Waals surface area contributed by atoms with E-state index in [-0.39, 0.29) is 11.7 Å². The maximum absolute atomic E-state index is 13.5. The van der Waals surface area contributed by atoms with Gasteiger partial charge in [0.05, 0.1) is 0 Å². The van der Waals surface area contributed by atoms with E-state index in [0.29, 0.717) is 19.6 Å². The third-order valence-electron chi connectivity index (χ3n) is 5.20. The lowest BCUT2D eigenvalue weighted by atomic mass is 9.99. The molecule has 0 saturated carbocycles. The molecule has 0 aromatic heterocycles. The molecule has 142 valence electrons. The normalized spacial score (nSPS) is 17.7. The number of carbonyl (C=O) groups excluding carboxylic acids is 1. The number of nitrogens with zero attached hydrogens (tertiary/aromatic N) is 2. The van der Waals surface area contributed by atoms with Crippen molar-refractivity contribution < 1.29 is 9.18 Å². The topological polar surface area (TPSA) is 23.6 Å². The van der Waals surface area contributed by atoms with Gasteiger partial charge in [0.15, 0.2) is 0 Å². The summed E-state index contributed by atoms with van der Waals surface area (Å²) in [4.78, 5) is 17.5. The van der Waals surface area contributed by atoms with Crippen LogP contribution in [0.4, 0.5) is 4.39 Å². The van der Waals surface area contributed by atoms with Crippen LogP contribution in [0.2, 0.25) is 0 Å². The number of benzene rings is 3. The van der Waals surface area contributed by atoms with E-state index in [1.165, 1.54) is 17.7 Å². The third-order valence-corrected chi connectivity index (χ3v) is 5.20. The van der Waals surface area contributed by atoms with Crippen LogP contribution in [0.25, 0.3) is 0 Å². The van der Waals surface area contributed by atoms with Gasteiger partial charge in [-0.05, 0) is 28.8 Å². The van der Waals surface area contributed by atoms with Gasteiger partial charge in [-0.3, -0.25) is 9.69 Å². The fourth-order valence-corrected chi connectivity index (χ4v) is 3.77. The van der Waals surface area contributed by atoms with Crippen LogP contribution < -0.4 is 0 Å². The molecule has 28 heavy (non-hydrogen) atoms. The summed E-state index contributed by atoms with van der Waals surface area (Å²) in [5.74, 6) is -0.222. The van der Waals surface area contributed by atoms with Crippen LogP contribution >= 0.6 is 0 Å². The second-order valence-electron chi connectivity index (χ2n) is 7.16. The molecular weight excluding hydrogens is 351 g/mol. The van der Waals surface area contributed by atoms with Crippen molar-refractivity contribution in [3.8, 4) is 0 Å². The van der Waals surface area contributed by atoms with Gasteiger partial charge in [0, 0.05) is 26.2 Å². The summed E-state index contributed by atoms with van der Waals surface area (Å²) in [6.45, 7) is 2.73. The Morgan fingerprint density at radius 3 is 1.93 bits per heavy atom. The van der Waals surface area contributed by atoms with Crippen molar-refractivity contribution in [1.29, 1.82) is 0 Å². The van der Waals surface area contributed by atoms with Crippen molar-refractivity contribution in [2.24, 2.45) is 0 Å². The van der Waals surface area contributed by atoms with Crippen molar-refractivity contribution in [1.82, 2.24) is 9.80 Å².